The minimum atomic E-state index is -0.563. The molecule has 0 saturated carbocycles. The minimum Gasteiger partial charge on any atom is -0.326 e. The Balaban J connectivity index is 1.83. The highest BCUT2D eigenvalue weighted by Crippen LogP contribution is 2.19. The summed E-state index contributed by atoms with van der Waals surface area (Å²) in [6, 6.07) is 11.8. The van der Waals surface area contributed by atoms with Gasteiger partial charge in [-0.1, -0.05) is 17.7 Å². The number of nitrogens with one attached hydrogen (secondary N) is 2. The average Bonchev–Trinajstić information content (AvgIpc) is 2.71. The Hall–Kier alpha value is -3.32. The molecule has 0 aliphatic rings. The first-order valence-electron chi connectivity index (χ1n) is 8.65. The SMILES string of the molecule is Cc1ccc(C(=O)NC(=NCc2ccncc2)Nc2ccc(F)c(Cl)c2)cc1F. The number of pyridine rings is 1. The van der Waals surface area contributed by atoms with E-state index >= 15 is 0 Å². The van der Waals surface area contributed by atoms with Crippen molar-refractivity contribution in [2.45, 2.75) is 13.5 Å². The number of nitrogens with zero attached hydrogens (tertiary/aromatic N) is 2. The van der Waals surface area contributed by atoms with E-state index < -0.39 is 17.5 Å². The van der Waals surface area contributed by atoms with E-state index in [1.165, 1.54) is 30.3 Å². The summed E-state index contributed by atoms with van der Waals surface area (Å²) in [4.78, 5) is 20.9. The van der Waals surface area contributed by atoms with Crippen LogP contribution in [0.15, 0.2) is 65.9 Å². The fraction of sp³-hybridized carbons (Fsp3) is 0.0952. The number of rotatable bonds is 4. The Labute approximate surface area is 171 Å². The summed E-state index contributed by atoms with van der Waals surface area (Å²) >= 11 is 5.81. The van der Waals surface area contributed by atoms with Crippen molar-refractivity contribution in [3.8, 4) is 0 Å². The van der Waals surface area contributed by atoms with Crippen LogP contribution in [-0.4, -0.2) is 16.9 Å². The third-order valence-electron chi connectivity index (χ3n) is 4.02. The summed E-state index contributed by atoms with van der Waals surface area (Å²) in [5, 5.41) is 5.44. The summed E-state index contributed by atoms with van der Waals surface area (Å²) in [5.74, 6) is -1.48. The molecule has 0 radical (unpaired) electrons. The molecule has 0 fully saturated rings. The first-order chi connectivity index (χ1) is 13.9. The van der Waals surface area contributed by atoms with Crippen LogP contribution in [0, 0.1) is 18.6 Å². The van der Waals surface area contributed by atoms with Crippen LogP contribution in [0.3, 0.4) is 0 Å². The number of hydrogen-bond acceptors (Lipinski definition) is 3. The Morgan fingerprint density at radius 3 is 2.52 bits per heavy atom. The maximum atomic E-state index is 13.8. The quantitative estimate of drug-likeness (QED) is 0.479. The highest BCUT2D eigenvalue weighted by Gasteiger charge is 2.12. The van der Waals surface area contributed by atoms with Crippen LogP contribution in [-0.2, 0) is 6.54 Å². The van der Waals surface area contributed by atoms with Gasteiger partial charge in [-0.3, -0.25) is 15.1 Å². The predicted molar refractivity (Wildman–Crippen MR) is 109 cm³/mol. The molecule has 1 aromatic heterocycles. The topological polar surface area (TPSA) is 66.4 Å². The first kappa shape index (κ1) is 20.4. The Morgan fingerprint density at radius 2 is 1.83 bits per heavy atom. The molecule has 1 amide bonds. The highest BCUT2D eigenvalue weighted by atomic mass is 35.5. The van der Waals surface area contributed by atoms with E-state index in [9.17, 15) is 13.6 Å². The maximum absolute atomic E-state index is 13.8. The number of aromatic nitrogens is 1. The summed E-state index contributed by atoms with van der Waals surface area (Å²) in [6.07, 6.45) is 3.26. The lowest BCUT2D eigenvalue weighted by Crippen LogP contribution is -2.36. The van der Waals surface area contributed by atoms with Gasteiger partial charge in [-0.15, -0.1) is 0 Å². The molecule has 0 saturated heterocycles. The molecular formula is C21H17ClF2N4O. The minimum absolute atomic E-state index is 0.0737. The van der Waals surface area contributed by atoms with Crippen molar-refractivity contribution in [2.24, 2.45) is 4.99 Å². The monoisotopic (exact) mass is 414 g/mol. The van der Waals surface area contributed by atoms with Crippen molar-refractivity contribution >= 4 is 29.2 Å². The van der Waals surface area contributed by atoms with Gasteiger partial charge in [0.15, 0.2) is 0 Å². The lowest BCUT2D eigenvalue weighted by molar-refractivity contribution is 0.0976. The van der Waals surface area contributed by atoms with E-state index in [1.54, 1.807) is 31.5 Å². The van der Waals surface area contributed by atoms with E-state index in [4.69, 9.17) is 11.6 Å². The zero-order valence-electron chi connectivity index (χ0n) is 15.4. The Bertz CT molecular complexity index is 1060. The molecule has 2 aromatic carbocycles. The molecule has 3 aromatic rings. The molecule has 0 atom stereocenters. The molecule has 1 heterocycles. The number of hydrogen-bond donors (Lipinski definition) is 2. The summed E-state index contributed by atoms with van der Waals surface area (Å²) in [6.45, 7) is 1.86. The van der Waals surface area contributed by atoms with Gasteiger partial charge >= 0.3 is 0 Å². The van der Waals surface area contributed by atoms with E-state index in [-0.39, 0.29) is 23.1 Å². The van der Waals surface area contributed by atoms with Crippen LogP contribution >= 0.6 is 11.6 Å². The van der Waals surface area contributed by atoms with E-state index in [0.29, 0.717) is 11.3 Å². The molecule has 0 aliphatic carbocycles. The third kappa shape index (κ3) is 5.58. The molecule has 8 heteroatoms. The van der Waals surface area contributed by atoms with Crippen molar-refractivity contribution in [1.82, 2.24) is 10.3 Å². The van der Waals surface area contributed by atoms with Gasteiger partial charge < -0.3 is 5.32 Å². The van der Waals surface area contributed by atoms with E-state index in [1.807, 2.05) is 0 Å². The molecular weight excluding hydrogens is 398 g/mol. The second-order valence-electron chi connectivity index (χ2n) is 6.19. The van der Waals surface area contributed by atoms with Crippen molar-refractivity contribution in [2.75, 3.05) is 5.32 Å². The number of guanidine groups is 1. The number of aliphatic imine (C=N–C) groups is 1. The summed E-state index contributed by atoms with van der Waals surface area (Å²) in [5.41, 5.74) is 1.88. The fourth-order valence-electron chi connectivity index (χ4n) is 2.39. The van der Waals surface area contributed by atoms with Gasteiger partial charge in [0.1, 0.15) is 11.6 Å². The van der Waals surface area contributed by atoms with E-state index in [0.717, 1.165) is 11.6 Å². The van der Waals surface area contributed by atoms with Crippen LogP contribution in [0.2, 0.25) is 5.02 Å². The van der Waals surface area contributed by atoms with Gasteiger partial charge in [-0.05, 0) is 60.5 Å². The van der Waals surface area contributed by atoms with Crippen molar-refractivity contribution in [1.29, 1.82) is 0 Å². The number of halogens is 3. The van der Waals surface area contributed by atoms with Crippen molar-refractivity contribution in [3.63, 3.8) is 0 Å². The van der Waals surface area contributed by atoms with Crippen LogP contribution in [0.25, 0.3) is 0 Å². The first-order valence-corrected chi connectivity index (χ1v) is 9.03. The molecule has 0 spiro atoms. The van der Waals surface area contributed by atoms with Crippen LogP contribution in [0.4, 0.5) is 14.5 Å². The van der Waals surface area contributed by atoms with Crippen molar-refractivity contribution in [3.05, 3.63) is 94.3 Å². The zero-order chi connectivity index (χ0) is 20.8. The molecule has 5 nitrogen and oxygen atoms in total. The van der Waals surface area contributed by atoms with Crippen LogP contribution in [0.1, 0.15) is 21.5 Å². The smallest absolute Gasteiger partial charge is 0.258 e. The normalized spacial score (nSPS) is 11.2. The van der Waals surface area contributed by atoms with Gasteiger partial charge in [0, 0.05) is 23.6 Å². The predicted octanol–water partition coefficient (Wildman–Crippen LogP) is 4.72. The molecule has 0 unspecified atom stereocenters. The molecule has 148 valence electrons. The third-order valence-corrected chi connectivity index (χ3v) is 4.31. The second kappa shape index (κ2) is 9.25. The lowest BCUT2D eigenvalue weighted by atomic mass is 10.1. The number of carbonyl (C=O) groups is 1. The Kier molecular flexibility index (Phi) is 6.51. The van der Waals surface area contributed by atoms with Gasteiger partial charge in [-0.2, -0.15) is 0 Å². The molecule has 0 aliphatic heterocycles. The number of amides is 1. The molecule has 2 N–H and O–H groups in total. The second-order valence-corrected chi connectivity index (χ2v) is 6.60. The van der Waals surface area contributed by atoms with Gasteiger partial charge in [0.2, 0.25) is 5.96 Å². The van der Waals surface area contributed by atoms with Crippen molar-refractivity contribution < 1.29 is 13.6 Å². The van der Waals surface area contributed by atoms with Crippen LogP contribution in [0.5, 0.6) is 0 Å². The molecule has 3 rings (SSSR count). The van der Waals surface area contributed by atoms with Crippen LogP contribution < -0.4 is 10.6 Å². The maximum Gasteiger partial charge on any atom is 0.258 e. The highest BCUT2D eigenvalue weighted by molar-refractivity contribution is 6.31. The molecule has 0 bridgehead atoms. The Morgan fingerprint density at radius 1 is 1.07 bits per heavy atom. The van der Waals surface area contributed by atoms with Gasteiger partial charge in [-0.25, -0.2) is 13.8 Å². The fourth-order valence-corrected chi connectivity index (χ4v) is 2.57. The largest absolute Gasteiger partial charge is 0.326 e. The van der Waals surface area contributed by atoms with E-state index in [2.05, 4.69) is 20.6 Å². The number of anilines is 1. The van der Waals surface area contributed by atoms with Gasteiger partial charge in [0.05, 0.1) is 11.6 Å². The number of aryl methyl sites for hydroxylation is 1. The standard InChI is InChI=1S/C21H17ClF2N4O/c1-13-2-3-15(10-19(13)24)20(29)28-21(26-12-14-6-8-25-9-7-14)27-16-4-5-18(23)17(22)11-16/h2-11H,12H2,1H3,(H2,26,27,28,29). The number of carbonyl (C=O) groups excluding carboxylic acids is 1. The van der Waals surface area contributed by atoms with Gasteiger partial charge in [0.25, 0.3) is 5.91 Å². The number of benzene rings is 2. The zero-order valence-corrected chi connectivity index (χ0v) is 16.2. The summed E-state index contributed by atoms with van der Waals surface area (Å²) in [7, 11) is 0. The average molecular weight is 415 g/mol. The molecule has 29 heavy (non-hydrogen) atoms. The summed E-state index contributed by atoms with van der Waals surface area (Å²) < 4.78 is 27.2. The lowest BCUT2D eigenvalue weighted by Gasteiger charge is -2.13.